The summed E-state index contributed by atoms with van der Waals surface area (Å²) in [5.41, 5.74) is 1.89. The summed E-state index contributed by atoms with van der Waals surface area (Å²) < 4.78 is 5.13. The van der Waals surface area contributed by atoms with Gasteiger partial charge >= 0.3 is 5.97 Å². The van der Waals surface area contributed by atoms with Crippen molar-refractivity contribution in [3.8, 4) is 0 Å². The van der Waals surface area contributed by atoms with Crippen molar-refractivity contribution in [3.05, 3.63) is 29.8 Å². The summed E-state index contributed by atoms with van der Waals surface area (Å²) in [7, 11) is 0. The Morgan fingerprint density at radius 2 is 1.92 bits per heavy atom. The molecule has 0 bridgehead atoms. The number of rotatable bonds is 3. The third-order valence-corrected chi connectivity index (χ3v) is 4.47. The number of carboxylic acids is 1. The van der Waals surface area contributed by atoms with Gasteiger partial charge in [-0.1, -0.05) is 17.7 Å². The first-order chi connectivity index (χ1) is 11.5. The van der Waals surface area contributed by atoms with Gasteiger partial charge in [0.25, 0.3) is 0 Å². The number of benzene rings is 1. The molecule has 2 amide bonds. The molecule has 2 atom stereocenters. The molecule has 2 unspecified atom stereocenters. The lowest BCUT2D eigenvalue weighted by Gasteiger charge is -2.32. The average Bonchev–Trinajstić information content (AvgIpc) is 2.97. The number of aliphatic carboxylic acids is 1. The molecular weight excluding hydrogens is 312 g/mol. The van der Waals surface area contributed by atoms with E-state index in [9.17, 15) is 14.4 Å². The normalized spacial score (nSPS) is 24.3. The van der Waals surface area contributed by atoms with Crippen molar-refractivity contribution in [3.63, 3.8) is 0 Å². The number of carbonyl (C=O) groups excluding carboxylic acids is 2. The summed E-state index contributed by atoms with van der Waals surface area (Å²) in [4.78, 5) is 39.1. The van der Waals surface area contributed by atoms with Crippen molar-refractivity contribution in [1.82, 2.24) is 4.90 Å². The fourth-order valence-electron chi connectivity index (χ4n) is 3.10. The monoisotopic (exact) mass is 332 g/mol. The Hall–Kier alpha value is -2.41. The van der Waals surface area contributed by atoms with Crippen LogP contribution in [0, 0.1) is 12.8 Å². The molecule has 0 aliphatic carbocycles. The summed E-state index contributed by atoms with van der Waals surface area (Å²) >= 11 is 0. The minimum Gasteiger partial charge on any atom is -0.479 e. The van der Waals surface area contributed by atoms with Crippen molar-refractivity contribution in [2.75, 3.05) is 31.1 Å². The van der Waals surface area contributed by atoms with Gasteiger partial charge < -0.3 is 19.6 Å². The second-order valence-corrected chi connectivity index (χ2v) is 6.22. The number of aryl methyl sites for hydroxylation is 1. The molecule has 0 saturated carbocycles. The van der Waals surface area contributed by atoms with E-state index in [4.69, 9.17) is 9.84 Å². The van der Waals surface area contributed by atoms with Gasteiger partial charge in [0, 0.05) is 25.2 Å². The van der Waals surface area contributed by atoms with E-state index in [0.29, 0.717) is 13.1 Å². The Morgan fingerprint density at radius 1 is 1.21 bits per heavy atom. The van der Waals surface area contributed by atoms with Crippen molar-refractivity contribution >= 4 is 23.5 Å². The minimum atomic E-state index is -1.07. The zero-order valence-corrected chi connectivity index (χ0v) is 13.5. The highest BCUT2D eigenvalue weighted by atomic mass is 16.5. The number of ether oxygens (including phenoxy) is 1. The molecule has 128 valence electrons. The van der Waals surface area contributed by atoms with Gasteiger partial charge in [0.2, 0.25) is 11.8 Å². The van der Waals surface area contributed by atoms with Crippen LogP contribution in [-0.4, -0.2) is 60.1 Å². The van der Waals surface area contributed by atoms with Crippen LogP contribution in [0.5, 0.6) is 0 Å². The van der Waals surface area contributed by atoms with Crippen LogP contribution in [0.4, 0.5) is 5.69 Å². The standard InChI is InChI=1S/C17H20N2O5/c1-11-2-4-13(5-3-11)19-9-12(8-15(19)20)16(21)18-6-7-24-14(10-18)17(22)23/h2-5,12,14H,6-10H2,1H3,(H,22,23). The highest BCUT2D eigenvalue weighted by molar-refractivity contribution is 6.00. The quantitative estimate of drug-likeness (QED) is 0.879. The van der Waals surface area contributed by atoms with E-state index in [1.165, 1.54) is 4.90 Å². The summed E-state index contributed by atoms with van der Waals surface area (Å²) in [6.45, 7) is 2.89. The van der Waals surface area contributed by atoms with Crippen LogP contribution in [0.25, 0.3) is 0 Å². The van der Waals surface area contributed by atoms with Crippen LogP contribution in [0.1, 0.15) is 12.0 Å². The lowest BCUT2D eigenvalue weighted by molar-refractivity contribution is -0.160. The van der Waals surface area contributed by atoms with Gasteiger partial charge in [0.05, 0.1) is 19.1 Å². The Balaban J connectivity index is 1.67. The van der Waals surface area contributed by atoms with Gasteiger partial charge in [0.1, 0.15) is 0 Å². The van der Waals surface area contributed by atoms with Crippen molar-refractivity contribution in [1.29, 1.82) is 0 Å². The van der Waals surface area contributed by atoms with Crippen LogP contribution < -0.4 is 4.90 Å². The van der Waals surface area contributed by atoms with Crippen molar-refractivity contribution < 1.29 is 24.2 Å². The van der Waals surface area contributed by atoms with E-state index in [1.807, 2.05) is 31.2 Å². The molecule has 2 heterocycles. The maximum atomic E-state index is 12.6. The summed E-state index contributed by atoms with van der Waals surface area (Å²) in [6, 6.07) is 7.60. The first-order valence-electron chi connectivity index (χ1n) is 7.96. The second kappa shape index (κ2) is 6.60. The van der Waals surface area contributed by atoms with Crippen LogP contribution >= 0.6 is 0 Å². The Bertz CT molecular complexity index is 657. The molecule has 7 heteroatoms. The van der Waals surface area contributed by atoms with Crippen LogP contribution in [-0.2, 0) is 19.1 Å². The molecule has 24 heavy (non-hydrogen) atoms. The summed E-state index contributed by atoms with van der Waals surface area (Å²) in [6.07, 6.45) is -0.838. The molecule has 0 spiro atoms. The molecule has 2 fully saturated rings. The number of anilines is 1. The zero-order chi connectivity index (χ0) is 17.3. The number of carbonyl (C=O) groups is 3. The predicted octanol–water partition coefficient (Wildman–Crippen LogP) is 0.660. The number of amides is 2. The van der Waals surface area contributed by atoms with E-state index >= 15 is 0 Å². The van der Waals surface area contributed by atoms with E-state index in [0.717, 1.165) is 11.3 Å². The topological polar surface area (TPSA) is 87.2 Å². The highest BCUT2D eigenvalue weighted by Crippen LogP contribution is 2.27. The van der Waals surface area contributed by atoms with Gasteiger partial charge in [-0.15, -0.1) is 0 Å². The molecule has 1 N–H and O–H groups in total. The first-order valence-corrected chi connectivity index (χ1v) is 7.96. The van der Waals surface area contributed by atoms with Crippen LogP contribution in [0.3, 0.4) is 0 Å². The third-order valence-electron chi connectivity index (χ3n) is 4.47. The second-order valence-electron chi connectivity index (χ2n) is 6.22. The largest absolute Gasteiger partial charge is 0.479 e. The molecule has 1 aromatic rings. The average molecular weight is 332 g/mol. The number of nitrogens with zero attached hydrogens (tertiary/aromatic N) is 2. The fraction of sp³-hybridized carbons (Fsp3) is 0.471. The molecule has 2 aliphatic heterocycles. The van der Waals surface area contributed by atoms with Crippen LogP contribution in [0.15, 0.2) is 24.3 Å². The molecule has 3 rings (SSSR count). The molecule has 1 aromatic carbocycles. The number of carboxylic acid groups (broad SMARTS) is 1. The third kappa shape index (κ3) is 3.26. The predicted molar refractivity (Wildman–Crippen MR) is 85.6 cm³/mol. The van der Waals surface area contributed by atoms with Gasteiger partial charge in [0.15, 0.2) is 6.10 Å². The van der Waals surface area contributed by atoms with E-state index in [-0.39, 0.29) is 31.4 Å². The maximum absolute atomic E-state index is 12.6. The summed E-state index contributed by atoms with van der Waals surface area (Å²) in [5, 5.41) is 9.03. The highest BCUT2D eigenvalue weighted by Gasteiger charge is 2.39. The molecule has 0 radical (unpaired) electrons. The lowest BCUT2D eigenvalue weighted by atomic mass is 10.1. The molecule has 2 aliphatic rings. The molecule has 7 nitrogen and oxygen atoms in total. The van der Waals surface area contributed by atoms with Gasteiger partial charge in [-0.05, 0) is 19.1 Å². The number of hydrogen-bond donors (Lipinski definition) is 1. The number of hydrogen-bond acceptors (Lipinski definition) is 4. The maximum Gasteiger partial charge on any atom is 0.334 e. The Morgan fingerprint density at radius 3 is 2.58 bits per heavy atom. The SMILES string of the molecule is Cc1ccc(N2CC(C(=O)N3CCOC(C(=O)O)C3)CC2=O)cc1. The Labute approximate surface area is 139 Å². The first kappa shape index (κ1) is 16.4. The van der Waals surface area contributed by atoms with Crippen LogP contribution in [0.2, 0.25) is 0 Å². The zero-order valence-electron chi connectivity index (χ0n) is 13.5. The molecular formula is C17H20N2O5. The van der Waals surface area contributed by atoms with Crippen molar-refractivity contribution in [2.24, 2.45) is 5.92 Å². The van der Waals surface area contributed by atoms with Gasteiger partial charge in [-0.2, -0.15) is 0 Å². The molecule has 0 aromatic heterocycles. The number of morpholine rings is 1. The smallest absolute Gasteiger partial charge is 0.334 e. The van der Waals surface area contributed by atoms with Gasteiger partial charge in [-0.3, -0.25) is 9.59 Å². The summed E-state index contributed by atoms with van der Waals surface area (Å²) in [5.74, 6) is -1.77. The van der Waals surface area contributed by atoms with Crippen molar-refractivity contribution in [2.45, 2.75) is 19.4 Å². The van der Waals surface area contributed by atoms with E-state index in [2.05, 4.69) is 0 Å². The van der Waals surface area contributed by atoms with Gasteiger partial charge in [-0.25, -0.2) is 4.79 Å². The van der Waals surface area contributed by atoms with E-state index < -0.39 is 18.0 Å². The fourth-order valence-corrected chi connectivity index (χ4v) is 3.10. The Kier molecular flexibility index (Phi) is 4.53. The minimum absolute atomic E-state index is 0.0311. The van der Waals surface area contributed by atoms with E-state index in [1.54, 1.807) is 4.90 Å². The lowest BCUT2D eigenvalue weighted by Crippen LogP contribution is -2.50. The molecule has 2 saturated heterocycles.